The summed E-state index contributed by atoms with van der Waals surface area (Å²) in [6, 6.07) is 0. The molecule has 0 bridgehead atoms. The molecule has 0 fully saturated rings. The SMILES string of the molecule is F.O=C(O)O.O=P(O)(O)O.[H-].[H-].[Sr+2]. The van der Waals surface area contributed by atoms with E-state index in [1.54, 1.807) is 0 Å². The van der Waals surface area contributed by atoms with E-state index in [2.05, 4.69) is 0 Å². The van der Waals surface area contributed by atoms with E-state index in [-0.39, 0.29) is 53.0 Å². The van der Waals surface area contributed by atoms with Gasteiger partial charge in [0.15, 0.2) is 0 Å². The third kappa shape index (κ3) is 1330. The average Bonchev–Trinajstić information content (AvgIpc) is 1.19. The molecule has 0 saturated heterocycles. The maximum Gasteiger partial charge on any atom is 2.00 e. The van der Waals surface area contributed by atoms with Crippen LogP contribution >= 0.6 is 7.82 Å². The first kappa shape index (κ1) is 22.6. The van der Waals surface area contributed by atoms with Crippen LogP contribution in [-0.4, -0.2) is 76.5 Å². The molecule has 0 aromatic heterocycles. The summed E-state index contributed by atoms with van der Waals surface area (Å²) >= 11 is 0. The van der Waals surface area contributed by atoms with Crippen LogP contribution in [0.25, 0.3) is 0 Å². The molecule has 11 heavy (non-hydrogen) atoms. The minimum atomic E-state index is -4.64. The van der Waals surface area contributed by atoms with E-state index in [1.807, 2.05) is 0 Å². The summed E-state index contributed by atoms with van der Waals surface area (Å²) in [6.45, 7) is 0. The first-order valence-electron chi connectivity index (χ1n) is 1.43. The summed E-state index contributed by atoms with van der Waals surface area (Å²) in [5, 5.41) is 13.9. The first-order chi connectivity index (χ1) is 3.73. The van der Waals surface area contributed by atoms with Crippen molar-refractivity contribution in [2.45, 2.75) is 0 Å². The summed E-state index contributed by atoms with van der Waals surface area (Å²) in [5.41, 5.74) is 0. The molecule has 0 aliphatic carbocycles. The molecule has 68 valence electrons. The molecule has 0 saturated carbocycles. The van der Waals surface area contributed by atoms with Gasteiger partial charge in [0.1, 0.15) is 0 Å². The third-order valence-electron chi connectivity index (χ3n) is 0. The summed E-state index contributed by atoms with van der Waals surface area (Å²) in [4.78, 5) is 30.1. The topological polar surface area (TPSA) is 135 Å². The Morgan fingerprint density at radius 1 is 1.18 bits per heavy atom. The molecule has 0 radical (unpaired) electrons. The van der Waals surface area contributed by atoms with Crippen molar-refractivity contribution in [3.8, 4) is 0 Å². The minimum Gasteiger partial charge on any atom is -1.00 e. The molecule has 7 nitrogen and oxygen atoms in total. The van der Waals surface area contributed by atoms with E-state index in [1.165, 1.54) is 0 Å². The summed E-state index contributed by atoms with van der Waals surface area (Å²) < 4.78 is 8.88. The Labute approximate surface area is 101 Å². The van der Waals surface area contributed by atoms with Gasteiger partial charge in [-0.1, -0.05) is 0 Å². The molecule has 0 amide bonds. The fourth-order valence-electron chi connectivity index (χ4n) is 0. The largest absolute Gasteiger partial charge is 2.00 e. The van der Waals surface area contributed by atoms with Crippen LogP contribution in [0.1, 0.15) is 2.85 Å². The van der Waals surface area contributed by atoms with Crippen LogP contribution in [0.2, 0.25) is 0 Å². The van der Waals surface area contributed by atoms with Gasteiger partial charge in [-0.25, -0.2) is 9.36 Å². The van der Waals surface area contributed by atoms with Crippen LogP contribution in [0.15, 0.2) is 0 Å². The van der Waals surface area contributed by atoms with Crippen molar-refractivity contribution in [1.29, 1.82) is 0 Å². The zero-order valence-electron chi connectivity index (χ0n) is 7.12. The second-order valence-corrected chi connectivity index (χ2v) is 1.82. The van der Waals surface area contributed by atoms with Crippen molar-refractivity contribution in [2.24, 2.45) is 0 Å². The quantitative estimate of drug-likeness (QED) is 0.289. The molecule has 0 spiro atoms. The Morgan fingerprint density at radius 3 is 1.18 bits per heavy atom. The predicted molar refractivity (Wildman–Crippen MR) is 35.4 cm³/mol. The second-order valence-electron chi connectivity index (χ2n) is 0.796. The third-order valence-corrected chi connectivity index (χ3v) is 0. The Kier molecular flexibility index (Phi) is 22.2. The smallest absolute Gasteiger partial charge is 1.00 e. The average molecular weight is 270 g/mol. The number of carboxylic acid groups (broad SMARTS) is 2. The molecule has 5 N–H and O–H groups in total. The van der Waals surface area contributed by atoms with Gasteiger partial charge in [0.25, 0.3) is 0 Å². The first-order valence-corrected chi connectivity index (χ1v) is 3.00. The Morgan fingerprint density at radius 2 is 1.18 bits per heavy atom. The van der Waals surface area contributed by atoms with Gasteiger partial charge in [0, 0.05) is 0 Å². The molecule has 0 aromatic rings. The van der Waals surface area contributed by atoms with Gasteiger partial charge in [-0.05, 0) is 0 Å². The molecule has 0 aliphatic heterocycles. The molecule has 0 rings (SSSR count). The monoisotopic (exact) mass is 270 g/mol. The van der Waals surface area contributed by atoms with Gasteiger partial charge in [-0.3, -0.25) is 4.70 Å². The van der Waals surface area contributed by atoms with Crippen molar-refractivity contribution in [2.75, 3.05) is 0 Å². The van der Waals surface area contributed by atoms with Gasteiger partial charge in [0.05, 0.1) is 0 Å². The van der Waals surface area contributed by atoms with E-state index in [4.69, 9.17) is 34.3 Å². The fraction of sp³-hybridized carbons (Fsp3) is 0. The number of phosphoric acid groups is 1. The molecular weight excluding hydrogens is 262 g/mol. The van der Waals surface area contributed by atoms with Crippen LogP contribution in [0.3, 0.4) is 0 Å². The van der Waals surface area contributed by atoms with Gasteiger partial charge < -0.3 is 27.7 Å². The van der Waals surface area contributed by atoms with Crippen LogP contribution in [0.5, 0.6) is 0 Å². The van der Waals surface area contributed by atoms with Gasteiger partial charge in [-0.2, -0.15) is 0 Å². The molecule has 10 heteroatoms. The van der Waals surface area contributed by atoms with E-state index in [0.717, 1.165) is 0 Å². The van der Waals surface area contributed by atoms with E-state index < -0.39 is 14.0 Å². The van der Waals surface area contributed by atoms with Crippen LogP contribution in [0, 0.1) is 0 Å². The Balaban J connectivity index is -0.0000000146. The van der Waals surface area contributed by atoms with Crippen LogP contribution < -0.4 is 0 Å². The van der Waals surface area contributed by atoms with Gasteiger partial charge >= 0.3 is 59.5 Å². The zero-order valence-corrected chi connectivity index (χ0v) is 9.49. The Hall–Kier alpha value is 0.791. The van der Waals surface area contributed by atoms with Crippen LogP contribution in [-0.2, 0) is 4.57 Å². The molecule has 0 aliphatic rings. The van der Waals surface area contributed by atoms with Crippen molar-refractivity contribution in [3.63, 3.8) is 0 Å². The van der Waals surface area contributed by atoms with Gasteiger partial charge in [-0.15, -0.1) is 0 Å². The normalized spacial score (nSPS) is 7.55. The van der Waals surface area contributed by atoms with Gasteiger partial charge in [0.2, 0.25) is 0 Å². The summed E-state index contributed by atoms with van der Waals surface area (Å²) in [5.74, 6) is 0. The number of carbonyl (C=O) groups is 1. The van der Waals surface area contributed by atoms with Crippen molar-refractivity contribution in [3.05, 3.63) is 0 Å². The number of rotatable bonds is 0. The van der Waals surface area contributed by atoms with E-state index >= 15 is 0 Å². The van der Waals surface area contributed by atoms with Crippen molar-refractivity contribution in [1.82, 2.24) is 0 Å². The number of hydrogen-bond acceptors (Lipinski definition) is 2. The zero-order chi connectivity index (χ0) is 8.08. The van der Waals surface area contributed by atoms with Crippen LogP contribution in [0.4, 0.5) is 9.50 Å². The maximum atomic E-state index is 8.88. The molecule has 0 unspecified atom stereocenters. The molecule has 0 heterocycles. The summed E-state index contributed by atoms with van der Waals surface area (Å²) in [6.07, 6.45) is -1.83. The van der Waals surface area contributed by atoms with E-state index in [9.17, 15) is 0 Å². The molecule has 0 atom stereocenters. The maximum absolute atomic E-state index is 8.88. The Bertz CT molecular complexity index is 126. The number of halogens is 1. The molecule has 0 aromatic carbocycles. The fourth-order valence-corrected chi connectivity index (χ4v) is 0. The van der Waals surface area contributed by atoms with Crippen molar-refractivity contribution >= 4 is 59.5 Å². The minimum absolute atomic E-state index is 0. The number of hydrogen-bond donors (Lipinski definition) is 5. The van der Waals surface area contributed by atoms with Crippen molar-refractivity contribution < 1.29 is 41.8 Å². The summed E-state index contributed by atoms with van der Waals surface area (Å²) in [7, 11) is -4.64. The predicted octanol–water partition coefficient (Wildman–Crippen LogP) is -0.710. The van der Waals surface area contributed by atoms with E-state index in [0.29, 0.717) is 0 Å². The molecular formula is CH8FO7PSr. The standard InChI is InChI=1S/CH2O3.FH.H3O4P.Sr.2H/c2-1(3)4;;1-5(2,3)4;;;/h(H2,2,3,4);1H;(H3,1,2,3,4);;;/q;;;+2;2*-1. The second kappa shape index (κ2) is 10.8.